The standard InChI is InChI=1S/C10H10Cl2N2O/c1-14(7-2-3-7)10(15)6-4-8(11)13-9(12)5-6/h4-5,7H,2-3H2,1H3. The van der Waals surface area contributed by atoms with Crippen LogP contribution in [0.5, 0.6) is 0 Å². The molecule has 0 bridgehead atoms. The number of halogens is 2. The molecule has 1 aliphatic rings. The van der Waals surface area contributed by atoms with E-state index in [1.54, 1.807) is 11.9 Å². The van der Waals surface area contributed by atoms with Crippen LogP contribution in [0.15, 0.2) is 12.1 Å². The van der Waals surface area contributed by atoms with Gasteiger partial charge in [-0.3, -0.25) is 4.79 Å². The van der Waals surface area contributed by atoms with Crippen molar-refractivity contribution in [3.63, 3.8) is 0 Å². The topological polar surface area (TPSA) is 33.2 Å². The molecule has 0 aliphatic heterocycles. The molecule has 0 aromatic carbocycles. The fourth-order valence-electron chi connectivity index (χ4n) is 1.42. The normalized spacial score (nSPS) is 15.1. The highest BCUT2D eigenvalue weighted by molar-refractivity contribution is 6.33. The molecule has 3 nitrogen and oxygen atoms in total. The maximum Gasteiger partial charge on any atom is 0.254 e. The molecule has 80 valence electrons. The largest absolute Gasteiger partial charge is 0.339 e. The second kappa shape index (κ2) is 3.99. The van der Waals surface area contributed by atoms with Crippen molar-refractivity contribution >= 4 is 29.1 Å². The number of amides is 1. The molecule has 1 aliphatic carbocycles. The molecule has 1 amide bonds. The fourth-order valence-corrected chi connectivity index (χ4v) is 1.88. The molecule has 0 unspecified atom stereocenters. The van der Waals surface area contributed by atoms with Crippen molar-refractivity contribution in [3.05, 3.63) is 28.0 Å². The Kier molecular flexibility index (Phi) is 2.85. The van der Waals surface area contributed by atoms with Gasteiger partial charge in [0, 0.05) is 18.7 Å². The number of nitrogens with zero attached hydrogens (tertiary/aromatic N) is 2. The van der Waals surface area contributed by atoms with E-state index in [2.05, 4.69) is 4.98 Å². The van der Waals surface area contributed by atoms with Crippen LogP contribution in [0.3, 0.4) is 0 Å². The highest BCUT2D eigenvalue weighted by Gasteiger charge is 2.30. The lowest BCUT2D eigenvalue weighted by molar-refractivity contribution is 0.0785. The second-order valence-corrected chi connectivity index (χ2v) is 4.42. The molecule has 1 aromatic heterocycles. The summed E-state index contributed by atoms with van der Waals surface area (Å²) in [5.74, 6) is -0.0521. The summed E-state index contributed by atoms with van der Waals surface area (Å²) in [6.07, 6.45) is 2.16. The summed E-state index contributed by atoms with van der Waals surface area (Å²) in [7, 11) is 1.79. The maximum atomic E-state index is 11.9. The number of hydrogen-bond acceptors (Lipinski definition) is 2. The van der Waals surface area contributed by atoms with Crippen LogP contribution in [0.2, 0.25) is 10.3 Å². The Morgan fingerprint density at radius 3 is 2.40 bits per heavy atom. The predicted molar refractivity (Wildman–Crippen MR) is 59.4 cm³/mol. The molecule has 0 radical (unpaired) electrons. The van der Waals surface area contributed by atoms with Crippen LogP contribution in [0.4, 0.5) is 0 Å². The van der Waals surface area contributed by atoms with Gasteiger partial charge in [-0.2, -0.15) is 0 Å². The molecule has 5 heteroatoms. The van der Waals surface area contributed by atoms with E-state index in [0.29, 0.717) is 11.6 Å². The van der Waals surface area contributed by atoms with E-state index in [9.17, 15) is 4.79 Å². The second-order valence-electron chi connectivity index (χ2n) is 3.65. The van der Waals surface area contributed by atoms with Crippen molar-refractivity contribution < 1.29 is 4.79 Å². The third-order valence-corrected chi connectivity index (χ3v) is 2.81. The minimum absolute atomic E-state index is 0.0521. The van der Waals surface area contributed by atoms with E-state index in [1.807, 2.05) is 0 Å². The Balaban J connectivity index is 2.24. The Morgan fingerprint density at radius 1 is 1.40 bits per heavy atom. The third-order valence-electron chi connectivity index (χ3n) is 2.42. The monoisotopic (exact) mass is 244 g/mol. The first-order chi connectivity index (χ1) is 7.08. The van der Waals surface area contributed by atoms with E-state index < -0.39 is 0 Å². The number of rotatable bonds is 2. The summed E-state index contributed by atoms with van der Waals surface area (Å²) >= 11 is 11.5. The zero-order chi connectivity index (χ0) is 11.0. The zero-order valence-electron chi connectivity index (χ0n) is 8.20. The molecule has 15 heavy (non-hydrogen) atoms. The Morgan fingerprint density at radius 2 is 1.93 bits per heavy atom. The van der Waals surface area contributed by atoms with Crippen molar-refractivity contribution in [1.82, 2.24) is 9.88 Å². The smallest absolute Gasteiger partial charge is 0.254 e. The lowest BCUT2D eigenvalue weighted by Gasteiger charge is -2.16. The maximum absolute atomic E-state index is 11.9. The quantitative estimate of drug-likeness (QED) is 0.750. The molecule has 0 atom stereocenters. The van der Waals surface area contributed by atoms with Gasteiger partial charge in [0.1, 0.15) is 10.3 Å². The van der Waals surface area contributed by atoms with Crippen molar-refractivity contribution in [3.8, 4) is 0 Å². The highest BCUT2D eigenvalue weighted by atomic mass is 35.5. The average molecular weight is 245 g/mol. The molecular weight excluding hydrogens is 235 g/mol. The minimum atomic E-state index is -0.0521. The van der Waals surface area contributed by atoms with Gasteiger partial charge in [-0.25, -0.2) is 4.98 Å². The predicted octanol–water partition coefficient (Wildman–Crippen LogP) is 2.62. The van der Waals surface area contributed by atoms with E-state index in [0.717, 1.165) is 12.8 Å². The lowest BCUT2D eigenvalue weighted by atomic mass is 10.2. The summed E-state index contributed by atoms with van der Waals surface area (Å²) in [5.41, 5.74) is 0.495. The average Bonchev–Trinajstić information content (AvgIpc) is 2.97. The van der Waals surface area contributed by atoms with E-state index in [4.69, 9.17) is 23.2 Å². The van der Waals surface area contributed by atoms with E-state index >= 15 is 0 Å². The van der Waals surface area contributed by atoms with Crippen LogP contribution in [-0.4, -0.2) is 28.9 Å². The molecule has 1 heterocycles. The van der Waals surface area contributed by atoms with Crippen molar-refractivity contribution in [1.29, 1.82) is 0 Å². The highest BCUT2D eigenvalue weighted by Crippen LogP contribution is 2.27. The van der Waals surface area contributed by atoms with Gasteiger partial charge in [0.25, 0.3) is 5.91 Å². The number of pyridine rings is 1. The number of carbonyl (C=O) groups is 1. The SMILES string of the molecule is CN(C(=O)c1cc(Cl)nc(Cl)c1)C1CC1. The molecule has 1 fully saturated rings. The molecule has 2 rings (SSSR count). The van der Waals surface area contributed by atoms with Crippen LogP contribution in [0.1, 0.15) is 23.2 Å². The lowest BCUT2D eigenvalue weighted by Crippen LogP contribution is -2.28. The number of aromatic nitrogens is 1. The molecule has 1 aromatic rings. The van der Waals surface area contributed by atoms with Gasteiger partial charge in [-0.1, -0.05) is 23.2 Å². The Bertz CT molecular complexity index is 384. The first kappa shape index (κ1) is 10.7. The third kappa shape index (κ3) is 2.41. The van der Waals surface area contributed by atoms with Crippen LogP contribution in [0.25, 0.3) is 0 Å². The summed E-state index contributed by atoms with van der Waals surface area (Å²) in [4.78, 5) is 17.4. The molecule has 0 spiro atoms. The van der Waals surface area contributed by atoms with Gasteiger partial charge in [-0.05, 0) is 25.0 Å². The van der Waals surface area contributed by atoms with Crippen LogP contribution in [-0.2, 0) is 0 Å². The van der Waals surface area contributed by atoms with Crippen LogP contribution >= 0.6 is 23.2 Å². The number of carbonyl (C=O) groups excluding carboxylic acids is 1. The van der Waals surface area contributed by atoms with Crippen LogP contribution < -0.4 is 0 Å². The van der Waals surface area contributed by atoms with E-state index in [1.165, 1.54) is 12.1 Å². The first-order valence-corrected chi connectivity index (χ1v) is 5.44. The van der Waals surface area contributed by atoms with Crippen LogP contribution in [0, 0.1) is 0 Å². The summed E-state index contributed by atoms with van der Waals surface area (Å²) in [6, 6.07) is 3.45. The minimum Gasteiger partial charge on any atom is -0.339 e. The molecule has 0 N–H and O–H groups in total. The molecule has 1 saturated carbocycles. The van der Waals surface area contributed by atoms with Crippen molar-refractivity contribution in [2.75, 3.05) is 7.05 Å². The fraction of sp³-hybridized carbons (Fsp3) is 0.400. The van der Waals surface area contributed by atoms with Gasteiger partial charge in [-0.15, -0.1) is 0 Å². The van der Waals surface area contributed by atoms with Gasteiger partial charge in [0.05, 0.1) is 0 Å². The Labute approximate surface area is 98.0 Å². The Hall–Kier alpha value is -0.800. The van der Waals surface area contributed by atoms with Gasteiger partial charge < -0.3 is 4.90 Å². The summed E-state index contributed by atoms with van der Waals surface area (Å²) in [5, 5.41) is 0.491. The van der Waals surface area contributed by atoms with E-state index in [-0.39, 0.29) is 16.2 Å². The summed E-state index contributed by atoms with van der Waals surface area (Å²) in [6.45, 7) is 0. The summed E-state index contributed by atoms with van der Waals surface area (Å²) < 4.78 is 0. The molecular formula is C10H10Cl2N2O. The van der Waals surface area contributed by atoms with Gasteiger partial charge >= 0.3 is 0 Å². The zero-order valence-corrected chi connectivity index (χ0v) is 9.72. The van der Waals surface area contributed by atoms with Crippen molar-refractivity contribution in [2.45, 2.75) is 18.9 Å². The number of hydrogen-bond donors (Lipinski definition) is 0. The first-order valence-electron chi connectivity index (χ1n) is 4.68. The van der Waals surface area contributed by atoms with Gasteiger partial charge in [0.15, 0.2) is 0 Å². The molecule has 0 saturated heterocycles. The van der Waals surface area contributed by atoms with Crippen molar-refractivity contribution in [2.24, 2.45) is 0 Å². The van der Waals surface area contributed by atoms with Gasteiger partial charge in [0.2, 0.25) is 0 Å².